The first-order valence-electron chi connectivity index (χ1n) is 9.94. The van der Waals surface area contributed by atoms with Crippen molar-refractivity contribution in [3.05, 3.63) is 24.3 Å². The first-order chi connectivity index (χ1) is 12.6. The number of unbranched alkanes of at least 4 members (excludes halogenated alkanes) is 1. The molecule has 1 aliphatic carbocycles. The lowest BCUT2D eigenvalue weighted by Crippen LogP contribution is -2.34. The number of carbonyl (C=O) groups excluding carboxylic acids is 1. The van der Waals surface area contributed by atoms with Crippen LogP contribution in [-0.2, 0) is 4.74 Å². The number of benzene rings is 1. The molecule has 1 fully saturated rings. The van der Waals surface area contributed by atoms with Crippen molar-refractivity contribution >= 4 is 11.8 Å². The molecule has 0 unspecified atom stereocenters. The molecule has 2 rings (SSSR count). The van der Waals surface area contributed by atoms with Crippen LogP contribution >= 0.6 is 0 Å². The number of rotatable bonds is 8. The molecule has 0 saturated heterocycles. The van der Waals surface area contributed by atoms with Gasteiger partial charge in [0, 0.05) is 12.5 Å². The number of carbonyl (C=O) groups is 1. The van der Waals surface area contributed by atoms with E-state index >= 15 is 0 Å². The fourth-order valence-corrected chi connectivity index (χ4v) is 3.48. The van der Waals surface area contributed by atoms with Crippen LogP contribution in [0.4, 0.5) is 10.5 Å². The summed E-state index contributed by atoms with van der Waals surface area (Å²) in [4.78, 5) is 14.7. The van der Waals surface area contributed by atoms with Crippen molar-refractivity contribution in [2.45, 2.75) is 58.0 Å². The van der Waals surface area contributed by atoms with Crippen molar-refractivity contribution in [3.63, 3.8) is 0 Å². The number of nitrogens with one attached hydrogen (secondary N) is 1. The van der Waals surface area contributed by atoms with Gasteiger partial charge in [-0.15, -0.1) is 0 Å². The smallest absolute Gasteiger partial charge is 0.412 e. The van der Waals surface area contributed by atoms with Gasteiger partial charge in [-0.25, -0.2) is 4.79 Å². The largest absolute Gasteiger partial charge is 0.491 e. The summed E-state index contributed by atoms with van der Waals surface area (Å²) in [6.07, 6.45) is 7.29. The Morgan fingerprint density at radius 2 is 1.96 bits per heavy atom. The minimum Gasteiger partial charge on any atom is -0.491 e. The number of ether oxygens (including phenoxy) is 2. The zero-order valence-corrected chi connectivity index (χ0v) is 16.5. The molecule has 1 aliphatic rings. The summed E-state index contributed by atoms with van der Waals surface area (Å²) < 4.78 is 11.6. The summed E-state index contributed by atoms with van der Waals surface area (Å²) in [5.41, 5.74) is 0.673. The van der Waals surface area contributed by atoms with E-state index in [4.69, 9.17) is 9.47 Å². The highest BCUT2D eigenvalue weighted by molar-refractivity contribution is 5.86. The van der Waals surface area contributed by atoms with Gasteiger partial charge in [0.15, 0.2) is 0 Å². The third kappa shape index (κ3) is 6.87. The normalized spacial score (nSPS) is 20.5. The van der Waals surface area contributed by atoms with Gasteiger partial charge < -0.3 is 14.4 Å². The standard InChI is InChI=1S/C21H34N2O3/c1-4-5-15-25-20-14-10-9-12-18(20)22-21(24)26-19-13-8-6-7-11-17(19)16-23(2)3/h9-10,12,14,17,19H,4-8,11,13,15-16H2,1-3H3,(H,22,24)/t17-,19-/m1/s1. The summed E-state index contributed by atoms with van der Waals surface area (Å²) in [5.74, 6) is 1.10. The van der Waals surface area contributed by atoms with Gasteiger partial charge in [0.05, 0.1) is 12.3 Å². The highest BCUT2D eigenvalue weighted by Gasteiger charge is 2.27. The van der Waals surface area contributed by atoms with Crippen LogP contribution in [0.5, 0.6) is 5.75 Å². The molecule has 1 N–H and O–H groups in total. The van der Waals surface area contributed by atoms with Gasteiger partial charge in [-0.1, -0.05) is 38.3 Å². The summed E-state index contributed by atoms with van der Waals surface area (Å²) in [5, 5.41) is 2.88. The van der Waals surface area contributed by atoms with E-state index in [1.165, 1.54) is 12.8 Å². The second-order valence-corrected chi connectivity index (χ2v) is 7.43. The fraction of sp³-hybridized carbons (Fsp3) is 0.667. The number of hydrogen-bond acceptors (Lipinski definition) is 4. The van der Waals surface area contributed by atoms with Gasteiger partial charge in [0.25, 0.3) is 0 Å². The molecule has 0 radical (unpaired) electrons. The van der Waals surface area contributed by atoms with E-state index in [1.54, 1.807) is 0 Å². The molecular formula is C21H34N2O3. The van der Waals surface area contributed by atoms with Gasteiger partial charge in [0.2, 0.25) is 0 Å². The average Bonchev–Trinajstić information content (AvgIpc) is 2.81. The number of para-hydroxylation sites is 2. The molecule has 0 aromatic heterocycles. The molecule has 1 saturated carbocycles. The maximum Gasteiger partial charge on any atom is 0.412 e. The Bertz CT molecular complexity index is 548. The van der Waals surface area contributed by atoms with Gasteiger partial charge in [-0.05, 0) is 51.9 Å². The SMILES string of the molecule is CCCCOc1ccccc1NC(=O)O[C@@H]1CCCCC[C@@H]1CN(C)C. The van der Waals surface area contributed by atoms with E-state index in [2.05, 4.69) is 31.2 Å². The maximum atomic E-state index is 12.5. The lowest BCUT2D eigenvalue weighted by Gasteiger charge is -2.27. The first-order valence-corrected chi connectivity index (χ1v) is 9.94. The summed E-state index contributed by atoms with van der Waals surface area (Å²) in [6.45, 7) is 3.73. The molecule has 0 bridgehead atoms. The van der Waals surface area contributed by atoms with Crippen LogP contribution in [0, 0.1) is 5.92 Å². The van der Waals surface area contributed by atoms with E-state index in [0.29, 0.717) is 24.0 Å². The average molecular weight is 363 g/mol. The molecule has 1 aromatic rings. The molecule has 5 heteroatoms. The van der Waals surface area contributed by atoms with Crippen LogP contribution in [0.1, 0.15) is 51.9 Å². The minimum absolute atomic E-state index is 0.0203. The van der Waals surface area contributed by atoms with Crippen LogP contribution in [0.15, 0.2) is 24.3 Å². The third-order valence-electron chi connectivity index (χ3n) is 4.83. The van der Waals surface area contributed by atoms with Crippen LogP contribution in [0.2, 0.25) is 0 Å². The van der Waals surface area contributed by atoms with Crippen LogP contribution < -0.4 is 10.1 Å². The Morgan fingerprint density at radius 1 is 1.19 bits per heavy atom. The summed E-state index contributed by atoms with van der Waals surface area (Å²) in [6, 6.07) is 7.54. The second kappa shape index (κ2) is 11.1. The number of hydrogen-bond donors (Lipinski definition) is 1. The van der Waals surface area contributed by atoms with E-state index in [1.807, 2.05) is 24.3 Å². The first kappa shape index (κ1) is 20.6. The van der Waals surface area contributed by atoms with Crippen molar-refractivity contribution in [2.75, 3.05) is 32.6 Å². The molecule has 2 atom stereocenters. The predicted molar refractivity (Wildman–Crippen MR) is 106 cm³/mol. The Labute approximate surface area is 158 Å². The van der Waals surface area contributed by atoms with Crippen molar-refractivity contribution in [3.8, 4) is 5.75 Å². The lowest BCUT2D eigenvalue weighted by molar-refractivity contribution is 0.0569. The second-order valence-electron chi connectivity index (χ2n) is 7.43. The number of anilines is 1. The number of nitrogens with zero attached hydrogens (tertiary/aromatic N) is 1. The Kier molecular flexibility index (Phi) is 8.75. The zero-order valence-electron chi connectivity index (χ0n) is 16.5. The highest BCUT2D eigenvalue weighted by atomic mass is 16.6. The van der Waals surface area contributed by atoms with Gasteiger partial charge >= 0.3 is 6.09 Å². The predicted octanol–water partition coefficient (Wildman–Crippen LogP) is 4.92. The van der Waals surface area contributed by atoms with E-state index in [0.717, 1.165) is 38.6 Å². The molecular weight excluding hydrogens is 328 g/mol. The lowest BCUT2D eigenvalue weighted by atomic mass is 9.97. The molecule has 1 aromatic carbocycles. The topological polar surface area (TPSA) is 50.8 Å². The van der Waals surface area contributed by atoms with Crippen molar-refractivity contribution in [2.24, 2.45) is 5.92 Å². The molecule has 0 heterocycles. The van der Waals surface area contributed by atoms with E-state index < -0.39 is 0 Å². The van der Waals surface area contributed by atoms with E-state index in [9.17, 15) is 4.79 Å². The van der Waals surface area contributed by atoms with Gasteiger partial charge in [-0.3, -0.25) is 5.32 Å². The highest BCUT2D eigenvalue weighted by Crippen LogP contribution is 2.28. The summed E-state index contributed by atoms with van der Waals surface area (Å²) in [7, 11) is 4.15. The molecule has 0 spiro atoms. The van der Waals surface area contributed by atoms with Gasteiger partial charge in [-0.2, -0.15) is 0 Å². The van der Waals surface area contributed by atoms with Crippen molar-refractivity contribution in [1.29, 1.82) is 0 Å². The Morgan fingerprint density at radius 3 is 2.73 bits per heavy atom. The molecule has 5 nitrogen and oxygen atoms in total. The van der Waals surface area contributed by atoms with Gasteiger partial charge in [0.1, 0.15) is 11.9 Å². The fourth-order valence-electron chi connectivity index (χ4n) is 3.48. The molecule has 146 valence electrons. The Hall–Kier alpha value is -1.75. The van der Waals surface area contributed by atoms with E-state index in [-0.39, 0.29) is 12.2 Å². The maximum absolute atomic E-state index is 12.5. The van der Waals surface area contributed by atoms with Crippen LogP contribution in [0.25, 0.3) is 0 Å². The number of amides is 1. The quantitative estimate of drug-likeness (QED) is 0.526. The molecule has 0 aliphatic heterocycles. The van der Waals surface area contributed by atoms with Crippen molar-refractivity contribution in [1.82, 2.24) is 4.90 Å². The minimum atomic E-state index is -0.382. The third-order valence-corrected chi connectivity index (χ3v) is 4.83. The van der Waals surface area contributed by atoms with Crippen molar-refractivity contribution < 1.29 is 14.3 Å². The molecule has 26 heavy (non-hydrogen) atoms. The Balaban J connectivity index is 1.96. The zero-order chi connectivity index (χ0) is 18.8. The molecule has 1 amide bonds. The summed E-state index contributed by atoms with van der Waals surface area (Å²) >= 11 is 0. The van der Waals surface area contributed by atoms with Crippen LogP contribution in [-0.4, -0.2) is 44.3 Å². The monoisotopic (exact) mass is 362 g/mol. The van der Waals surface area contributed by atoms with Crippen LogP contribution in [0.3, 0.4) is 0 Å².